The van der Waals surface area contributed by atoms with Crippen molar-refractivity contribution >= 4 is 35.0 Å². The predicted molar refractivity (Wildman–Crippen MR) is 113 cm³/mol. The van der Waals surface area contributed by atoms with Crippen molar-refractivity contribution in [2.75, 3.05) is 30.3 Å². The maximum absolute atomic E-state index is 9.89. The minimum Gasteiger partial charge on any atom is -0.390 e. The largest absolute Gasteiger partial charge is 0.390 e. The summed E-state index contributed by atoms with van der Waals surface area (Å²) < 4.78 is 5.80. The number of aromatic nitrogens is 3. The van der Waals surface area contributed by atoms with Crippen LogP contribution in [0, 0.1) is 5.41 Å². The molecule has 10 heteroatoms. The number of nitrogens with zero attached hydrogens (tertiary/aromatic N) is 4. The van der Waals surface area contributed by atoms with Crippen molar-refractivity contribution in [1.82, 2.24) is 15.0 Å². The molecular weight excluding hydrogens is 412 g/mol. The second-order valence-electron chi connectivity index (χ2n) is 7.67. The van der Waals surface area contributed by atoms with Crippen LogP contribution in [0.3, 0.4) is 0 Å². The zero-order valence-corrected chi connectivity index (χ0v) is 17.8. The Morgan fingerprint density at radius 3 is 2.76 bits per heavy atom. The summed E-state index contributed by atoms with van der Waals surface area (Å²) in [5.41, 5.74) is 12.7. The lowest BCUT2D eigenvalue weighted by Crippen LogP contribution is -2.51. The van der Waals surface area contributed by atoms with Crippen molar-refractivity contribution in [2.24, 2.45) is 11.1 Å². The van der Waals surface area contributed by atoms with E-state index in [-0.39, 0.29) is 24.2 Å². The van der Waals surface area contributed by atoms with Crippen molar-refractivity contribution < 1.29 is 9.84 Å². The number of halogens is 1. The fourth-order valence-electron chi connectivity index (χ4n) is 4.09. The Hall–Kier alpha value is -1.65. The van der Waals surface area contributed by atoms with Crippen molar-refractivity contribution in [1.29, 1.82) is 0 Å². The minimum atomic E-state index is -0.190. The number of hydrogen-bond acceptors (Lipinski definition) is 9. The molecule has 2 atom stereocenters. The van der Waals surface area contributed by atoms with E-state index in [1.165, 1.54) is 18.0 Å². The Bertz CT molecular complexity index is 893. The van der Waals surface area contributed by atoms with Gasteiger partial charge in [-0.2, -0.15) is 0 Å². The summed E-state index contributed by atoms with van der Waals surface area (Å²) in [5.74, 6) is 1.10. The van der Waals surface area contributed by atoms with Gasteiger partial charge < -0.3 is 26.2 Å². The van der Waals surface area contributed by atoms with E-state index in [2.05, 4.69) is 19.9 Å². The van der Waals surface area contributed by atoms with Crippen LogP contribution in [-0.2, 0) is 11.3 Å². The average Bonchev–Trinajstić information content (AvgIpc) is 3.00. The van der Waals surface area contributed by atoms with Gasteiger partial charge in [-0.15, -0.1) is 0 Å². The van der Waals surface area contributed by atoms with Crippen molar-refractivity contribution in [2.45, 2.75) is 48.4 Å². The van der Waals surface area contributed by atoms with Crippen LogP contribution in [0.25, 0.3) is 0 Å². The third-order valence-corrected chi connectivity index (χ3v) is 7.29. The fraction of sp³-hybridized carbons (Fsp3) is 0.526. The number of nitrogens with two attached hydrogens (primary N) is 2. The summed E-state index contributed by atoms with van der Waals surface area (Å²) in [6.45, 7) is 4.19. The number of aliphatic hydroxyl groups excluding tert-OH is 1. The minimum absolute atomic E-state index is 0.0382. The maximum atomic E-state index is 9.89. The van der Waals surface area contributed by atoms with E-state index in [1.807, 2.05) is 6.92 Å². The Labute approximate surface area is 179 Å². The number of rotatable bonds is 4. The van der Waals surface area contributed by atoms with Crippen molar-refractivity contribution in [3.63, 3.8) is 0 Å². The normalized spacial score (nSPS) is 23.7. The molecule has 4 rings (SSSR count). The van der Waals surface area contributed by atoms with Crippen molar-refractivity contribution in [3.8, 4) is 0 Å². The first-order valence-corrected chi connectivity index (χ1v) is 10.8. The monoisotopic (exact) mass is 436 g/mol. The first kappa shape index (κ1) is 20.6. The molecule has 0 saturated carbocycles. The Morgan fingerprint density at radius 1 is 1.34 bits per heavy atom. The molecule has 0 aliphatic carbocycles. The molecule has 5 N–H and O–H groups in total. The molecule has 0 unspecified atom stereocenters. The van der Waals surface area contributed by atoms with E-state index in [0.717, 1.165) is 30.8 Å². The summed E-state index contributed by atoms with van der Waals surface area (Å²) in [6, 6.07) is 1.75. The van der Waals surface area contributed by atoms with Gasteiger partial charge >= 0.3 is 0 Å². The lowest BCUT2D eigenvalue weighted by molar-refractivity contribution is 0.0973. The number of piperidine rings is 1. The van der Waals surface area contributed by atoms with E-state index in [4.69, 9.17) is 27.8 Å². The van der Waals surface area contributed by atoms with Gasteiger partial charge in [0, 0.05) is 35.6 Å². The molecule has 2 aromatic heterocycles. The van der Waals surface area contributed by atoms with E-state index in [0.29, 0.717) is 34.0 Å². The zero-order valence-electron chi connectivity index (χ0n) is 16.2. The number of anilines is 2. The highest BCUT2D eigenvalue weighted by Crippen LogP contribution is 2.42. The SMILES string of the molecule is C[C@@H]1OCC2(CCN(c3ncc(Sc4cc(N)ncc4Cl)nc3CO)CC2)[C@@H]1N. The van der Waals surface area contributed by atoms with Gasteiger partial charge in [-0.3, -0.25) is 0 Å². The van der Waals surface area contributed by atoms with Gasteiger partial charge in [0.15, 0.2) is 5.82 Å². The summed E-state index contributed by atoms with van der Waals surface area (Å²) in [5, 5.41) is 11.0. The first-order valence-electron chi connectivity index (χ1n) is 9.60. The number of aliphatic hydroxyl groups is 1. The van der Waals surface area contributed by atoms with Crippen LogP contribution in [-0.4, -0.2) is 51.9 Å². The molecule has 2 aliphatic heterocycles. The van der Waals surface area contributed by atoms with Gasteiger partial charge in [-0.05, 0) is 25.8 Å². The fourth-order valence-corrected chi connectivity index (χ4v) is 5.12. The number of ether oxygens (including phenoxy) is 1. The summed E-state index contributed by atoms with van der Waals surface area (Å²) in [6.07, 6.45) is 5.18. The summed E-state index contributed by atoms with van der Waals surface area (Å²) >= 11 is 7.53. The van der Waals surface area contributed by atoms with Gasteiger partial charge in [0.1, 0.15) is 16.5 Å². The second kappa shape index (κ2) is 8.23. The topological polar surface area (TPSA) is 123 Å². The van der Waals surface area contributed by atoms with Crippen LogP contribution in [0.15, 0.2) is 28.4 Å². The lowest BCUT2D eigenvalue weighted by Gasteiger charge is -2.41. The van der Waals surface area contributed by atoms with Crippen LogP contribution >= 0.6 is 23.4 Å². The average molecular weight is 437 g/mol. The number of hydrogen-bond donors (Lipinski definition) is 3. The third kappa shape index (κ3) is 4.02. The molecule has 29 heavy (non-hydrogen) atoms. The van der Waals surface area contributed by atoms with E-state index >= 15 is 0 Å². The molecule has 2 aliphatic rings. The van der Waals surface area contributed by atoms with Gasteiger partial charge in [-0.1, -0.05) is 23.4 Å². The van der Waals surface area contributed by atoms with Crippen molar-refractivity contribution in [3.05, 3.63) is 29.2 Å². The summed E-state index contributed by atoms with van der Waals surface area (Å²) in [4.78, 5) is 16.1. The van der Waals surface area contributed by atoms with Crippen LogP contribution in [0.5, 0.6) is 0 Å². The Morgan fingerprint density at radius 2 is 2.10 bits per heavy atom. The van der Waals surface area contributed by atoms with E-state index in [1.54, 1.807) is 12.3 Å². The molecule has 156 valence electrons. The molecule has 4 heterocycles. The maximum Gasteiger partial charge on any atom is 0.152 e. The summed E-state index contributed by atoms with van der Waals surface area (Å²) in [7, 11) is 0. The first-order chi connectivity index (χ1) is 13.9. The Kier molecular flexibility index (Phi) is 5.85. The third-order valence-electron chi connectivity index (χ3n) is 5.91. The molecule has 2 aromatic rings. The number of pyridine rings is 1. The highest BCUT2D eigenvalue weighted by Gasteiger charge is 2.47. The highest BCUT2D eigenvalue weighted by atomic mass is 35.5. The van der Waals surface area contributed by atoms with Crippen LogP contribution in [0.2, 0.25) is 5.02 Å². The molecule has 0 bridgehead atoms. The predicted octanol–water partition coefficient (Wildman–Crippen LogP) is 2.08. The van der Waals surface area contributed by atoms with E-state index in [9.17, 15) is 5.11 Å². The standard InChI is InChI=1S/C19H25ClN6O2S/c1-11-17(22)19(10-28-11)2-4-26(5-3-19)18-13(9-27)25-16(8-24-18)29-14-6-15(21)23-7-12(14)20/h6-8,11,17,27H,2-5,9-10,22H2,1H3,(H2,21,23)/t11-,17+/m0/s1. The highest BCUT2D eigenvalue weighted by molar-refractivity contribution is 7.99. The van der Waals surface area contributed by atoms with Gasteiger partial charge in [-0.25, -0.2) is 15.0 Å². The molecule has 8 nitrogen and oxygen atoms in total. The lowest BCUT2D eigenvalue weighted by atomic mass is 9.73. The van der Waals surface area contributed by atoms with Gasteiger partial charge in [0.05, 0.1) is 30.5 Å². The Balaban J connectivity index is 1.50. The van der Waals surface area contributed by atoms with Crippen LogP contribution < -0.4 is 16.4 Å². The molecule has 2 saturated heterocycles. The smallest absolute Gasteiger partial charge is 0.152 e. The molecule has 1 spiro atoms. The van der Waals surface area contributed by atoms with Crippen LogP contribution in [0.4, 0.5) is 11.6 Å². The number of nitrogen functional groups attached to an aromatic ring is 1. The molecule has 0 amide bonds. The van der Waals surface area contributed by atoms with Gasteiger partial charge in [0.2, 0.25) is 0 Å². The zero-order chi connectivity index (χ0) is 20.6. The molecule has 0 aromatic carbocycles. The quantitative estimate of drug-likeness (QED) is 0.660. The second-order valence-corrected chi connectivity index (χ2v) is 9.14. The molecule has 2 fully saturated rings. The molecule has 0 radical (unpaired) electrons. The van der Waals surface area contributed by atoms with Crippen LogP contribution in [0.1, 0.15) is 25.5 Å². The van der Waals surface area contributed by atoms with Gasteiger partial charge in [0.25, 0.3) is 0 Å². The molecular formula is C19H25ClN6O2S. The van der Waals surface area contributed by atoms with E-state index < -0.39 is 0 Å².